The van der Waals surface area contributed by atoms with Crippen molar-refractivity contribution in [1.29, 1.82) is 0 Å². The fourth-order valence-electron chi connectivity index (χ4n) is 2.90. The van der Waals surface area contributed by atoms with Crippen LogP contribution in [0.5, 0.6) is 0 Å². The van der Waals surface area contributed by atoms with Crippen LogP contribution in [0.25, 0.3) is 11.4 Å². The van der Waals surface area contributed by atoms with Crippen LogP contribution in [0, 0.1) is 0 Å². The molecule has 5 N–H and O–H groups in total. The summed E-state index contributed by atoms with van der Waals surface area (Å²) in [6.45, 7) is 0. The van der Waals surface area contributed by atoms with Gasteiger partial charge in [-0.3, -0.25) is 0 Å². The Hall–Kier alpha value is -2.22. The number of nitrogens with one attached hydrogen (secondary N) is 3. The van der Waals surface area contributed by atoms with Crippen LogP contribution in [0.15, 0.2) is 36.7 Å². The summed E-state index contributed by atoms with van der Waals surface area (Å²) in [5.74, 6) is 0. The van der Waals surface area contributed by atoms with Gasteiger partial charge in [-0.2, -0.15) is 0 Å². The Kier molecular flexibility index (Phi) is 2.71. The highest BCUT2D eigenvalue weighted by Crippen LogP contribution is 2.48. The highest BCUT2D eigenvalue weighted by Gasteiger charge is 2.65. The number of fused-ring (bicyclic) bond motifs is 6. The van der Waals surface area contributed by atoms with E-state index < -0.39 is 17.5 Å². The van der Waals surface area contributed by atoms with Gasteiger partial charge in [-0.25, -0.2) is 14.8 Å². The number of hydrogen-bond donors (Lipinski definition) is 4. The minimum absolute atomic E-state index is 0. The van der Waals surface area contributed by atoms with Gasteiger partial charge in [-0.1, -0.05) is 6.07 Å². The van der Waals surface area contributed by atoms with Gasteiger partial charge in [-0.05, 0) is 12.1 Å². The number of nitrogens with zero attached hydrogens (tertiary/aromatic N) is 1. The molecular weight excluding hydrogens is 296 g/mol. The molecule has 8 heteroatoms. The first-order valence-electron chi connectivity index (χ1n) is 6.08. The summed E-state index contributed by atoms with van der Waals surface area (Å²) in [5, 5.41) is 26.4. The molecule has 1 fully saturated rings. The van der Waals surface area contributed by atoms with Crippen LogP contribution in [0.3, 0.4) is 0 Å². The zero-order chi connectivity index (χ0) is 14.0. The first-order valence-corrected chi connectivity index (χ1v) is 6.08. The molecule has 2 aliphatic rings. The number of carbonyl (C=O) groups excluding carboxylic acids is 1. The Morgan fingerprint density at radius 3 is 2.52 bits per heavy atom. The number of amides is 2. The average molecular weight is 307 g/mol. The molecule has 4 rings (SSSR count). The van der Waals surface area contributed by atoms with Crippen LogP contribution in [0.1, 0.15) is 11.1 Å². The standard InChI is InChI=1S/C13H10N4O3.ClH/c18-11-16-12(19)7-3-1-5-14-9(7)10-8(4-2-6-15-10)13(12,20)17-11;/h1-6,19-20H,(H2,16,17,18);1H/t12-,13+;. The molecule has 1 saturated heterocycles. The maximum Gasteiger partial charge on any atom is 0.320 e. The van der Waals surface area contributed by atoms with Crippen LogP contribution >= 0.6 is 0 Å². The SMILES string of the molecule is O=C1N[C@@]2(O)c3ccc[nH+]c3-c3ncccc3[C@@]2(O)N1.[Cl-]. The zero-order valence-corrected chi connectivity index (χ0v) is 11.3. The maximum absolute atomic E-state index is 11.7. The molecule has 0 radical (unpaired) electrons. The fraction of sp³-hybridized carbons (Fsp3) is 0.154. The molecule has 2 amide bonds. The van der Waals surface area contributed by atoms with Gasteiger partial charge >= 0.3 is 6.03 Å². The van der Waals surface area contributed by atoms with Crippen molar-refractivity contribution in [2.45, 2.75) is 11.4 Å². The van der Waals surface area contributed by atoms with Crippen molar-refractivity contribution < 1.29 is 32.4 Å². The van der Waals surface area contributed by atoms with E-state index >= 15 is 0 Å². The number of aromatic amines is 1. The number of pyridine rings is 2. The lowest BCUT2D eigenvalue weighted by atomic mass is 9.79. The van der Waals surface area contributed by atoms with E-state index in [9.17, 15) is 15.0 Å². The number of rotatable bonds is 0. The van der Waals surface area contributed by atoms with E-state index in [0.717, 1.165) is 0 Å². The van der Waals surface area contributed by atoms with E-state index in [-0.39, 0.29) is 12.4 Å². The largest absolute Gasteiger partial charge is 1.00 e. The molecule has 2 atom stereocenters. The van der Waals surface area contributed by atoms with Crippen LogP contribution in [-0.2, 0) is 11.4 Å². The molecule has 2 aromatic heterocycles. The first kappa shape index (κ1) is 13.7. The van der Waals surface area contributed by atoms with Crippen LogP contribution < -0.4 is 28.0 Å². The molecule has 1 aliphatic heterocycles. The molecule has 0 aromatic carbocycles. The number of hydrogen-bond acceptors (Lipinski definition) is 4. The van der Waals surface area contributed by atoms with Crippen molar-refractivity contribution in [3.8, 4) is 11.4 Å². The second kappa shape index (κ2) is 4.14. The molecule has 108 valence electrons. The Balaban J connectivity index is 0.00000132. The second-order valence-corrected chi connectivity index (χ2v) is 4.86. The first-order chi connectivity index (χ1) is 9.56. The molecule has 0 saturated carbocycles. The topological polar surface area (TPSA) is 109 Å². The van der Waals surface area contributed by atoms with Gasteiger partial charge in [0, 0.05) is 17.8 Å². The van der Waals surface area contributed by atoms with Gasteiger partial charge < -0.3 is 33.3 Å². The average Bonchev–Trinajstić information content (AvgIpc) is 2.70. The lowest BCUT2D eigenvalue weighted by Crippen LogP contribution is -3.00. The number of aliphatic hydroxyl groups is 2. The van der Waals surface area contributed by atoms with Gasteiger partial charge in [0.25, 0.3) is 0 Å². The van der Waals surface area contributed by atoms with Gasteiger partial charge in [0.2, 0.25) is 17.1 Å². The maximum atomic E-state index is 11.7. The molecule has 3 heterocycles. The predicted molar refractivity (Wildman–Crippen MR) is 65.7 cm³/mol. The molecule has 7 nitrogen and oxygen atoms in total. The van der Waals surface area contributed by atoms with Crippen LogP contribution in [0.4, 0.5) is 4.79 Å². The predicted octanol–water partition coefficient (Wildman–Crippen LogP) is -3.82. The van der Waals surface area contributed by atoms with Crippen molar-refractivity contribution in [1.82, 2.24) is 15.6 Å². The van der Waals surface area contributed by atoms with Gasteiger partial charge in [0.1, 0.15) is 5.69 Å². The lowest BCUT2D eigenvalue weighted by Gasteiger charge is -2.39. The third-order valence-corrected chi connectivity index (χ3v) is 3.79. The van der Waals surface area contributed by atoms with E-state index in [1.165, 1.54) is 0 Å². The van der Waals surface area contributed by atoms with Gasteiger partial charge in [0.05, 0.1) is 5.56 Å². The summed E-state index contributed by atoms with van der Waals surface area (Å²) >= 11 is 0. The third kappa shape index (κ3) is 1.48. The van der Waals surface area contributed by atoms with Gasteiger partial charge in [0.15, 0.2) is 6.20 Å². The highest BCUT2D eigenvalue weighted by molar-refractivity contribution is 5.83. The Bertz CT molecular complexity index is 694. The van der Waals surface area contributed by atoms with E-state index in [1.54, 1.807) is 36.7 Å². The van der Waals surface area contributed by atoms with E-state index in [4.69, 9.17) is 0 Å². The Morgan fingerprint density at radius 1 is 1.10 bits per heavy atom. The van der Waals surface area contributed by atoms with Crippen LogP contribution in [-0.4, -0.2) is 21.2 Å². The third-order valence-electron chi connectivity index (χ3n) is 3.79. The smallest absolute Gasteiger partial charge is 0.320 e. The minimum Gasteiger partial charge on any atom is -1.00 e. The number of halogens is 1. The van der Waals surface area contributed by atoms with Crippen molar-refractivity contribution in [3.63, 3.8) is 0 Å². The van der Waals surface area contributed by atoms with Crippen molar-refractivity contribution in [3.05, 3.63) is 47.8 Å². The summed E-state index contributed by atoms with van der Waals surface area (Å²) in [6, 6.07) is 5.90. The van der Waals surface area contributed by atoms with Gasteiger partial charge in [-0.15, -0.1) is 0 Å². The normalized spacial score (nSPS) is 28.4. The quantitative estimate of drug-likeness (QED) is 0.400. The number of H-pyrrole nitrogens is 1. The summed E-state index contributed by atoms with van der Waals surface area (Å²) in [4.78, 5) is 18.9. The molecular formula is C13H11ClN4O3. The summed E-state index contributed by atoms with van der Waals surface area (Å²) in [5.41, 5.74) is -2.19. The second-order valence-electron chi connectivity index (χ2n) is 4.86. The number of aromatic nitrogens is 2. The van der Waals surface area contributed by atoms with Crippen LogP contribution in [0.2, 0.25) is 0 Å². The van der Waals surface area contributed by atoms with Crippen molar-refractivity contribution in [2.24, 2.45) is 0 Å². The van der Waals surface area contributed by atoms with Crippen molar-refractivity contribution >= 4 is 6.03 Å². The zero-order valence-electron chi connectivity index (χ0n) is 10.6. The summed E-state index contributed by atoms with van der Waals surface area (Å²) in [6.07, 6.45) is 3.27. The molecule has 2 aromatic rings. The molecule has 0 bridgehead atoms. The number of carbonyl (C=O) groups is 1. The fourth-order valence-corrected chi connectivity index (χ4v) is 2.90. The van der Waals surface area contributed by atoms with E-state index in [0.29, 0.717) is 22.5 Å². The molecule has 0 spiro atoms. The van der Waals surface area contributed by atoms with Crippen molar-refractivity contribution in [2.75, 3.05) is 0 Å². The summed E-state index contributed by atoms with van der Waals surface area (Å²) in [7, 11) is 0. The molecule has 0 unspecified atom stereocenters. The molecule has 21 heavy (non-hydrogen) atoms. The Labute approximate surface area is 125 Å². The monoisotopic (exact) mass is 306 g/mol. The summed E-state index contributed by atoms with van der Waals surface area (Å²) < 4.78 is 0. The Morgan fingerprint density at radius 2 is 1.76 bits per heavy atom. The molecule has 1 aliphatic carbocycles. The van der Waals surface area contributed by atoms with E-state index in [2.05, 4.69) is 20.6 Å². The highest BCUT2D eigenvalue weighted by atomic mass is 35.5. The number of urea groups is 1. The van der Waals surface area contributed by atoms with E-state index in [1.807, 2.05) is 0 Å². The minimum atomic E-state index is -1.96. The lowest BCUT2D eigenvalue weighted by molar-refractivity contribution is -0.368.